The van der Waals surface area contributed by atoms with Gasteiger partial charge in [-0.2, -0.15) is 0 Å². The second kappa shape index (κ2) is 7.17. The first kappa shape index (κ1) is 15.5. The molecular formula is C14H18O4S. The van der Waals surface area contributed by atoms with Crippen LogP contribution in [0.3, 0.4) is 0 Å². The van der Waals surface area contributed by atoms with Gasteiger partial charge < -0.3 is 9.84 Å². The molecule has 1 aromatic rings. The molecule has 0 atom stereocenters. The number of rotatable bonds is 5. The van der Waals surface area contributed by atoms with Gasteiger partial charge in [0.1, 0.15) is 22.2 Å². The zero-order chi connectivity index (χ0) is 14.3. The van der Waals surface area contributed by atoms with Crippen molar-refractivity contribution in [3.63, 3.8) is 0 Å². The van der Waals surface area contributed by atoms with E-state index in [-0.39, 0.29) is 12.4 Å². The molecule has 0 saturated heterocycles. The van der Waals surface area contributed by atoms with Crippen LogP contribution >= 0.6 is 0 Å². The molecule has 0 fully saturated rings. The molecule has 0 aliphatic heterocycles. The molecule has 0 aliphatic carbocycles. The highest BCUT2D eigenvalue weighted by atomic mass is 32.2. The molecule has 0 saturated carbocycles. The van der Waals surface area contributed by atoms with Crippen molar-refractivity contribution in [2.75, 3.05) is 25.2 Å². The Labute approximate surface area is 114 Å². The summed E-state index contributed by atoms with van der Waals surface area (Å²) < 4.78 is 27.4. The maximum absolute atomic E-state index is 11.0. The van der Waals surface area contributed by atoms with Crippen LogP contribution in [0.5, 0.6) is 5.75 Å². The number of aliphatic hydroxyl groups excluding tert-OH is 1. The van der Waals surface area contributed by atoms with Crippen molar-refractivity contribution in [3.05, 3.63) is 29.3 Å². The molecule has 1 N–H and O–H groups in total. The van der Waals surface area contributed by atoms with E-state index < -0.39 is 9.84 Å². The molecule has 0 heterocycles. The van der Waals surface area contributed by atoms with Crippen molar-refractivity contribution in [2.45, 2.75) is 13.3 Å². The minimum absolute atomic E-state index is 0.131. The van der Waals surface area contributed by atoms with Gasteiger partial charge >= 0.3 is 0 Å². The quantitative estimate of drug-likeness (QED) is 0.650. The highest BCUT2D eigenvalue weighted by Gasteiger charge is 2.03. The summed E-state index contributed by atoms with van der Waals surface area (Å²) in [4.78, 5) is 0. The van der Waals surface area contributed by atoms with Gasteiger partial charge in [-0.25, -0.2) is 8.42 Å². The predicted molar refractivity (Wildman–Crippen MR) is 75.0 cm³/mol. The van der Waals surface area contributed by atoms with E-state index in [1.807, 2.05) is 19.1 Å². The van der Waals surface area contributed by atoms with Gasteiger partial charge in [0.2, 0.25) is 0 Å². The molecule has 0 radical (unpaired) electrons. The van der Waals surface area contributed by atoms with Gasteiger partial charge in [0, 0.05) is 11.8 Å². The molecule has 0 amide bonds. The van der Waals surface area contributed by atoms with Crippen molar-refractivity contribution in [3.8, 4) is 17.6 Å². The largest absolute Gasteiger partial charge is 0.494 e. The Hall–Kier alpha value is -1.51. The zero-order valence-electron chi connectivity index (χ0n) is 11.1. The third-order valence-corrected chi connectivity index (χ3v) is 3.46. The second-order valence-electron chi connectivity index (χ2n) is 4.27. The summed E-state index contributed by atoms with van der Waals surface area (Å²) in [6.07, 6.45) is 1.69. The third kappa shape index (κ3) is 6.27. The summed E-state index contributed by atoms with van der Waals surface area (Å²) in [5, 5.41) is 8.63. The van der Waals surface area contributed by atoms with Crippen LogP contribution in [-0.2, 0) is 9.84 Å². The van der Waals surface area contributed by atoms with Crippen LogP contribution in [0, 0.1) is 18.8 Å². The molecule has 104 valence electrons. The summed E-state index contributed by atoms with van der Waals surface area (Å²) in [7, 11) is -2.93. The van der Waals surface area contributed by atoms with E-state index in [0.29, 0.717) is 18.8 Å². The van der Waals surface area contributed by atoms with Crippen molar-refractivity contribution in [2.24, 2.45) is 0 Å². The van der Waals surface area contributed by atoms with Gasteiger partial charge in [-0.05, 0) is 37.1 Å². The minimum atomic E-state index is -2.93. The topological polar surface area (TPSA) is 63.6 Å². The van der Waals surface area contributed by atoms with Crippen LogP contribution in [0.15, 0.2) is 18.2 Å². The van der Waals surface area contributed by atoms with E-state index in [1.54, 1.807) is 6.07 Å². The average Bonchev–Trinajstić information content (AvgIpc) is 2.32. The van der Waals surface area contributed by atoms with Crippen LogP contribution < -0.4 is 4.74 Å². The Balaban J connectivity index is 2.54. The standard InChI is InChI=1S/C14H18O4S/c1-12-11-14(7-6-13(12)5-3-8-15)18-9-4-10-19(2,16)17/h6-7,11,15H,4,8-10H2,1-2H3. The van der Waals surface area contributed by atoms with E-state index in [0.717, 1.165) is 11.1 Å². The third-order valence-electron chi connectivity index (χ3n) is 2.43. The maximum Gasteiger partial charge on any atom is 0.147 e. The number of hydrogen-bond donors (Lipinski definition) is 1. The molecule has 5 heteroatoms. The van der Waals surface area contributed by atoms with Gasteiger partial charge in [-0.1, -0.05) is 11.8 Å². The molecule has 1 rings (SSSR count). The molecule has 0 spiro atoms. The lowest BCUT2D eigenvalue weighted by molar-refractivity contribution is 0.317. The summed E-state index contributed by atoms with van der Waals surface area (Å²) >= 11 is 0. The van der Waals surface area contributed by atoms with E-state index in [4.69, 9.17) is 9.84 Å². The first-order valence-corrected chi connectivity index (χ1v) is 7.99. The smallest absolute Gasteiger partial charge is 0.147 e. The van der Waals surface area contributed by atoms with Crippen LogP contribution in [-0.4, -0.2) is 38.7 Å². The molecule has 0 bridgehead atoms. The molecule has 0 unspecified atom stereocenters. The van der Waals surface area contributed by atoms with Crippen LogP contribution in [0.2, 0.25) is 0 Å². The number of hydrogen-bond acceptors (Lipinski definition) is 4. The van der Waals surface area contributed by atoms with Crippen LogP contribution in [0.25, 0.3) is 0 Å². The lowest BCUT2D eigenvalue weighted by atomic mass is 10.1. The van der Waals surface area contributed by atoms with E-state index >= 15 is 0 Å². The number of aliphatic hydroxyl groups is 1. The number of aryl methyl sites for hydroxylation is 1. The summed E-state index contributed by atoms with van der Waals surface area (Å²) in [6.45, 7) is 2.11. The highest BCUT2D eigenvalue weighted by molar-refractivity contribution is 7.90. The summed E-state index contributed by atoms with van der Waals surface area (Å²) in [5.41, 5.74) is 1.80. The molecular weight excluding hydrogens is 264 g/mol. The monoisotopic (exact) mass is 282 g/mol. The van der Waals surface area contributed by atoms with Crippen LogP contribution in [0.4, 0.5) is 0 Å². The predicted octanol–water partition coefficient (Wildman–Crippen LogP) is 1.15. The maximum atomic E-state index is 11.0. The first-order chi connectivity index (χ1) is 8.92. The lowest BCUT2D eigenvalue weighted by Crippen LogP contribution is -2.08. The first-order valence-electron chi connectivity index (χ1n) is 5.93. The van der Waals surface area contributed by atoms with E-state index in [2.05, 4.69) is 11.8 Å². The molecule has 0 aliphatic rings. The average molecular weight is 282 g/mol. The second-order valence-corrected chi connectivity index (χ2v) is 6.53. The van der Waals surface area contributed by atoms with Gasteiger partial charge in [-0.3, -0.25) is 0 Å². The Bertz CT molecular complexity index is 579. The highest BCUT2D eigenvalue weighted by Crippen LogP contribution is 2.16. The van der Waals surface area contributed by atoms with Gasteiger partial charge in [0.25, 0.3) is 0 Å². The van der Waals surface area contributed by atoms with E-state index in [1.165, 1.54) is 6.26 Å². The van der Waals surface area contributed by atoms with Crippen molar-refractivity contribution < 1.29 is 18.3 Å². The fraction of sp³-hybridized carbons (Fsp3) is 0.429. The molecule has 1 aromatic carbocycles. The Morgan fingerprint density at radius 1 is 1.37 bits per heavy atom. The van der Waals surface area contributed by atoms with E-state index in [9.17, 15) is 8.42 Å². The number of benzene rings is 1. The van der Waals surface area contributed by atoms with Gasteiger partial charge in [-0.15, -0.1) is 0 Å². The summed E-state index contributed by atoms with van der Waals surface area (Å²) in [5.74, 6) is 6.26. The Kier molecular flexibility index (Phi) is 5.87. The molecule has 0 aromatic heterocycles. The Morgan fingerprint density at radius 2 is 2.11 bits per heavy atom. The van der Waals surface area contributed by atoms with Crippen molar-refractivity contribution in [1.29, 1.82) is 0 Å². The number of ether oxygens (including phenoxy) is 1. The molecule has 19 heavy (non-hydrogen) atoms. The number of sulfone groups is 1. The van der Waals surface area contributed by atoms with Crippen molar-refractivity contribution >= 4 is 9.84 Å². The fourth-order valence-electron chi connectivity index (χ4n) is 1.51. The molecule has 4 nitrogen and oxygen atoms in total. The van der Waals surface area contributed by atoms with Crippen LogP contribution in [0.1, 0.15) is 17.5 Å². The fourth-order valence-corrected chi connectivity index (χ4v) is 2.15. The summed E-state index contributed by atoms with van der Waals surface area (Å²) in [6, 6.07) is 5.46. The Morgan fingerprint density at radius 3 is 2.68 bits per heavy atom. The lowest BCUT2D eigenvalue weighted by Gasteiger charge is -2.07. The van der Waals surface area contributed by atoms with Gasteiger partial charge in [0.15, 0.2) is 0 Å². The zero-order valence-corrected chi connectivity index (χ0v) is 12.0. The van der Waals surface area contributed by atoms with Crippen molar-refractivity contribution in [1.82, 2.24) is 0 Å². The SMILES string of the molecule is Cc1cc(OCCCS(C)(=O)=O)ccc1C#CCO. The minimum Gasteiger partial charge on any atom is -0.494 e. The van der Waals surface area contributed by atoms with Gasteiger partial charge in [0.05, 0.1) is 12.4 Å². The normalized spacial score (nSPS) is 10.7.